The Balaban J connectivity index is 2.29. The van der Waals surface area contributed by atoms with E-state index in [1.807, 2.05) is 0 Å². The highest BCUT2D eigenvalue weighted by Gasteiger charge is 2.55. The average molecular weight is 239 g/mol. The minimum absolute atomic E-state index is 0.127. The summed E-state index contributed by atoms with van der Waals surface area (Å²) in [5.74, 6) is 0.227. The van der Waals surface area contributed by atoms with E-state index in [9.17, 15) is 4.79 Å². The van der Waals surface area contributed by atoms with Gasteiger partial charge in [0.1, 0.15) is 5.54 Å². The number of hydrogen-bond donors (Lipinski definition) is 2. The molecule has 4 nitrogen and oxygen atoms in total. The number of piperazine rings is 1. The van der Waals surface area contributed by atoms with Gasteiger partial charge in [-0.05, 0) is 24.2 Å². The van der Waals surface area contributed by atoms with Crippen LogP contribution in [0.1, 0.15) is 33.6 Å². The van der Waals surface area contributed by atoms with Crippen molar-refractivity contribution < 1.29 is 4.79 Å². The number of hydrogen-bond acceptors (Lipinski definition) is 3. The molecule has 1 amide bonds. The quantitative estimate of drug-likeness (QED) is 0.741. The number of carbonyl (C=O) groups is 1. The van der Waals surface area contributed by atoms with Crippen molar-refractivity contribution in [2.24, 2.45) is 17.1 Å². The number of primary amides is 1. The molecule has 2 unspecified atom stereocenters. The fourth-order valence-electron chi connectivity index (χ4n) is 3.95. The summed E-state index contributed by atoms with van der Waals surface area (Å²) < 4.78 is 0. The second kappa shape index (κ2) is 4.25. The molecule has 2 aliphatic rings. The van der Waals surface area contributed by atoms with Crippen LogP contribution in [0.3, 0.4) is 0 Å². The van der Waals surface area contributed by atoms with E-state index in [1.54, 1.807) is 0 Å². The van der Waals surface area contributed by atoms with Gasteiger partial charge in [0, 0.05) is 26.2 Å². The first-order valence-corrected chi connectivity index (χ1v) is 6.64. The number of rotatable bonds is 2. The van der Waals surface area contributed by atoms with Crippen LogP contribution in [-0.4, -0.2) is 42.5 Å². The van der Waals surface area contributed by atoms with Crippen LogP contribution >= 0.6 is 0 Å². The van der Waals surface area contributed by atoms with E-state index in [0.29, 0.717) is 5.92 Å². The molecular weight excluding hydrogens is 214 g/mol. The van der Waals surface area contributed by atoms with Gasteiger partial charge in [-0.15, -0.1) is 0 Å². The molecule has 1 saturated heterocycles. The van der Waals surface area contributed by atoms with Crippen LogP contribution in [0, 0.1) is 11.3 Å². The van der Waals surface area contributed by atoms with E-state index in [1.165, 1.54) is 0 Å². The van der Waals surface area contributed by atoms with Crippen molar-refractivity contribution in [3.63, 3.8) is 0 Å². The third kappa shape index (κ3) is 2.08. The first-order chi connectivity index (χ1) is 7.88. The van der Waals surface area contributed by atoms with E-state index >= 15 is 0 Å². The SMILES string of the molecule is CC1CC(C)(C)CC1(C(N)=O)N1CCNCC1. The standard InChI is InChI=1S/C13H25N3O/c1-10-8-12(2,3)9-13(10,11(14)17)16-6-4-15-5-7-16/h10,15H,4-9H2,1-3H3,(H2,14,17). The van der Waals surface area contributed by atoms with Crippen LogP contribution in [0.2, 0.25) is 0 Å². The molecule has 3 N–H and O–H groups in total. The van der Waals surface area contributed by atoms with Gasteiger partial charge in [0.15, 0.2) is 0 Å². The van der Waals surface area contributed by atoms with Gasteiger partial charge in [0.25, 0.3) is 0 Å². The van der Waals surface area contributed by atoms with Crippen LogP contribution in [0.5, 0.6) is 0 Å². The topological polar surface area (TPSA) is 58.4 Å². The molecule has 17 heavy (non-hydrogen) atoms. The zero-order valence-electron chi connectivity index (χ0n) is 11.3. The van der Waals surface area contributed by atoms with Gasteiger partial charge in [-0.1, -0.05) is 20.8 Å². The summed E-state index contributed by atoms with van der Waals surface area (Å²) in [6.07, 6.45) is 1.98. The Hall–Kier alpha value is -0.610. The number of amides is 1. The largest absolute Gasteiger partial charge is 0.368 e. The predicted molar refractivity (Wildman–Crippen MR) is 68.5 cm³/mol. The molecule has 0 aromatic carbocycles. The second-order valence-corrected chi connectivity index (χ2v) is 6.47. The molecule has 2 atom stereocenters. The molecule has 1 aliphatic carbocycles. The van der Waals surface area contributed by atoms with Gasteiger partial charge >= 0.3 is 0 Å². The monoisotopic (exact) mass is 239 g/mol. The van der Waals surface area contributed by atoms with Gasteiger partial charge in [0.2, 0.25) is 5.91 Å². The summed E-state index contributed by atoms with van der Waals surface area (Å²) in [4.78, 5) is 14.4. The van der Waals surface area contributed by atoms with Crippen molar-refractivity contribution >= 4 is 5.91 Å². The van der Waals surface area contributed by atoms with Crippen molar-refractivity contribution in [3.05, 3.63) is 0 Å². The number of nitrogens with one attached hydrogen (secondary N) is 1. The number of carbonyl (C=O) groups excluding carboxylic acids is 1. The van der Waals surface area contributed by atoms with Crippen LogP contribution in [0.15, 0.2) is 0 Å². The summed E-state index contributed by atoms with van der Waals surface area (Å²) in [7, 11) is 0. The maximum atomic E-state index is 12.1. The molecule has 2 fully saturated rings. The smallest absolute Gasteiger partial charge is 0.238 e. The van der Waals surface area contributed by atoms with Crippen LogP contribution in [0.4, 0.5) is 0 Å². The van der Waals surface area contributed by atoms with E-state index < -0.39 is 5.54 Å². The van der Waals surface area contributed by atoms with Gasteiger partial charge in [0.05, 0.1) is 0 Å². The molecule has 98 valence electrons. The molecule has 0 spiro atoms. The van der Waals surface area contributed by atoms with E-state index in [0.717, 1.165) is 39.0 Å². The lowest BCUT2D eigenvalue weighted by molar-refractivity contribution is -0.133. The molecule has 4 heteroatoms. The van der Waals surface area contributed by atoms with Crippen molar-refractivity contribution in [2.45, 2.75) is 39.2 Å². The average Bonchev–Trinajstić information content (AvgIpc) is 2.50. The number of nitrogens with zero attached hydrogens (tertiary/aromatic N) is 1. The Kier molecular flexibility index (Phi) is 3.21. The highest BCUT2D eigenvalue weighted by Crippen LogP contribution is 2.50. The van der Waals surface area contributed by atoms with Crippen LogP contribution < -0.4 is 11.1 Å². The van der Waals surface area contributed by atoms with Gasteiger partial charge < -0.3 is 11.1 Å². The summed E-state index contributed by atoms with van der Waals surface area (Å²) in [5.41, 5.74) is 5.58. The Morgan fingerprint density at radius 2 is 1.94 bits per heavy atom. The summed E-state index contributed by atoms with van der Waals surface area (Å²) >= 11 is 0. The Bertz CT molecular complexity index is 310. The van der Waals surface area contributed by atoms with Gasteiger partial charge in [-0.3, -0.25) is 9.69 Å². The summed E-state index contributed by atoms with van der Waals surface area (Å²) in [6, 6.07) is 0. The zero-order valence-corrected chi connectivity index (χ0v) is 11.3. The Morgan fingerprint density at radius 3 is 2.35 bits per heavy atom. The third-order valence-electron chi connectivity index (χ3n) is 4.53. The second-order valence-electron chi connectivity index (χ2n) is 6.47. The van der Waals surface area contributed by atoms with Crippen molar-refractivity contribution in [3.8, 4) is 0 Å². The maximum Gasteiger partial charge on any atom is 0.238 e. The minimum Gasteiger partial charge on any atom is -0.368 e. The normalized spacial score (nSPS) is 38.2. The summed E-state index contributed by atoms with van der Waals surface area (Å²) in [5, 5.41) is 3.34. The molecular formula is C13H25N3O. The molecule has 1 aliphatic heterocycles. The third-order valence-corrected chi connectivity index (χ3v) is 4.53. The summed E-state index contributed by atoms with van der Waals surface area (Å²) in [6.45, 7) is 10.5. The van der Waals surface area contributed by atoms with E-state index in [4.69, 9.17) is 5.73 Å². The molecule has 0 bridgehead atoms. The molecule has 1 heterocycles. The first-order valence-electron chi connectivity index (χ1n) is 6.64. The van der Waals surface area contributed by atoms with Crippen molar-refractivity contribution in [1.82, 2.24) is 10.2 Å². The van der Waals surface area contributed by atoms with Crippen molar-refractivity contribution in [1.29, 1.82) is 0 Å². The zero-order chi connectivity index (χ0) is 12.7. The number of nitrogens with two attached hydrogens (primary N) is 1. The molecule has 1 saturated carbocycles. The van der Waals surface area contributed by atoms with E-state index in [2.05, 4.69) is 31.0 Å². The van der Waals surface area contributed by atoms with Crippen LogP contribution in [0.25, 0.3) is 0 Å². The van der Waals surface area contributed by atoms with Crippen LogP contribution in [-0.2, 0) is 4.79 Å². The highest BCUT2D eigenvalue weighted by atomic mass is 16.1. The molecule has 0 aromatic rings. The fourth-order valence-corrected chi connectivity index (χ4v) is 3.95. The van der Waals surface area contributed by atoms with Gasteiger partial charge in [-0.2, -0.15) is 0 Å². The predicted octanol–water partition coefficient (Wildman–Crippen LogP) is 0.572. The molecule has 0 aromatic heterocycles. The van der Waals surface area contributed by atoms with Crippen molar-refractivity contribution in [2.75, 3.05) is 26.2 Å². The van der Waals surface area contributed by atoms with Gasteiger partial charge in [-0.25, -0.2) is 0 Å². The fraction of sp³-hybridized carbons (Fsp3) is 0.923. The lowest BCUT2D eigenvalue weighted by atomic mass is 9.83. The Labute approximate surface area is 104 Å². The lowest BCUT2D eigenvalue weighted by Gasteiger charge is -2.44. The minimum atomic E-state index is -0.411. The first kappa shape index (κ1) is 12.8. The molecule has 0 radical (unpaired) electrons. The maximum absolute atomic E-state index is 12.1. The highest BCUT2D eigenvalue weighted by molar-refractivity contribution is 5.85. The Morgan fingerprint density at radius 1 is 1.35 bits per heavy atom. The van der Waals surface area contributed by atoms with E-state index in [-0.39, 0.29) is 11.3 Å². The lowest BCUT2D eigenvalue weighted by Crippen LogP contribution is -2.63. The molecule has 2 rings (SSSR count).